The van der Waals surface area contributed by atoms with Crippen LogP contribution >= 0.6 is 12.4 Å². The van der Waals surface area contributed by atoms with Crippen LogP contribution in [0.25, 0.3) is 0 Å². The Morgan fingerprint density at radius 3 is 2.57 bits per heavy atom. The summed E-state index contributed by atoms with van der Waals surface area (Å²) in [4.78, 5) is 31.2. The molecule has 154 valence electrons. The number of carbonyl (C=O) groups excluding carboxylic acids is 2. The molecule has 0 saturated carbocycles. The first kappa shape index (κ1) is 20.9. The Hall–Kier alpha value is -1.83. The molecular weight excluding hydrogens is 378 g/mol. The number of urea groups is 1. The number of nitrogens with one attached hydrogen (secondary N) is 2. The third-order valence-electron chi connectivity index (χ3n) is 5.99. The lowest BCUT2D eigenvalue weighted by atomic mass is 10.0. The molecular formula is C20H30ClN5O2. The van der Waals surface area contributed by atoms with Crippen molar-refractivity contribution in [1.29, 1.82) is 0 Å². The van der Waals surface area contributed by atoms with Crippen molar-refractivity contribution < 1.29 is 9.59 Å². The number of hydrogen-bond acceptors (Lipinski definition) is 4. The molecule has 0 aromatic heterocycles. The average molecular weight is 408 g/mol. The van der Waals surface area contributed by atoms with E-state index < -0.39 is 0 Å². The maximum atomic E-state index is 12.5. The van der Waals surface area contributed by atoms with Crippen molar-refractivity contribution >= 4 is 24.3 Å². The molecule has 3 aliphatic rings. The van der Waals surface area contributed by atoms with Crippen LogP contribution in [0, 0.1) is 0 Å². The summed E-state index contributed by atoms with van der Waals surface area (Å²) in [5.74, 6) is 0.0263. The van der Waals surface area contributed by atoms with Gasteiger partial charge < -0.3 is 20.4 Å². The standard InChI is InChI=1S/C20H29N5O2.ClH/c26-19(24-10-6-18(15-24)23-11-7-21-8-12-23)13-22-20(27)25-9-5-16-3-1-2-4-17(16)14-25;/h1-4,18,21H,5-15H2,(H,22,27);1H. The zero-order valence-electron chi connectivity index (χ0n) is 16.2. The van der Waals surface area contributed by atoms with E-state index in [9.17, 15) is 9.59 Å². The van der Waals surface area contributed by atoms with Crippen LogP contribution in [0.5, 0.6) is 0 Å². The number of halogens is 1. The van der Waals surface area contributed by atoms with E-state index in [1.165, 1.54) is 11.1 Å². The summed E-state index contributed by atoms with van der Waals surface area (Å²) >= 11 is 0. The van der Waals surface area contributed by atoms with Crippen LogP contribution in [0.1, 0.15) is 17.5 Å². The first-order valence-electron chi connectivity index (χ1n) is 10.0. The van der Waals surface area contributed by atoms with Crippen molar-refractivity contribution in [2.24, 2.45) is 0 Å². The van der Waals surface area contributed by atoms with Crippen LogP contribution in [-0.2, 0) is 17.8 Å². The Bertz CT molecular complexity index is 695. The third-order valence-corrected chi connectivity index (χ3v) is 5.99. The highest BCUT2D eigenvalue weighted by molar-refractivity contribution is 5.85. The van der Waals surface area contributed by atoms with Crippen LogP contribution in [0.3, 0.4) is 0 Å². The average Bonchev–Trinajstić information content (AvgIpc) is 3.22. The lowest BCUT2D eigenvalue weighted by Crippen LogP contribution is -2.50. The molecule has 1 aromatic rings. The summed E-state index contributed by atoms with van der Waals surface area (Å²) in [5.41, 5.74) is 2.51. The Balaban J connectivity index is 0.00000225. The molecule has 1 unspecified atom stereocenters. The van der Waals surface area contributed by atoms with E-state index >= 15 is 0 Å². The number of piperazine rings is 1. The van der Waals surface area contributed by atoms with Gasteiger partial charge in [-0.3, -0.25) is 9.69 Å². The van der Waals surface area contributed by atoms with E-state index in [1.54, 1.807) is 4.90 Å². The zero-order chi connectivity index (χ0) is 18.6. The molecule has 0 bridgehead atoms. The molecule has 3 heterocycles. The molecule has 2 fully saturated rings. The van der Waals surface area contributed by atoms with Gasteiger partial charge in [-0.1, -0.05) is 24.3 Å². The summed E-state index contributed by atoms with van der Waals surface area (Å²) in [6.07, 6.45) is 1.90. The fraction of sp³-hybridized carbons (Fsp3) is 0.600. The van der Waals surface area contributed by atoms with Crippen molar-refractivity contribution in [3.63, 3.8) is 0 Å². The molecule has 4 rings (SSSR count). The van der Waals surface area contributed by atoms with Crippen LogP contribution < -0.4 is 10.6 Å². The number of rotatable bonds is 3. The Morgan fingerprint density at radius 1 is 1.04 bits per heavy atom. The summed E-state index contributed by atoms with van der Waals surface area (Å²) in [7, 11) is 0. The van der Waals surface area contributed by atoms with Crippen molar-refractivity contribution in [1.82, 2.24) is 25.3 Å². The number of likely N-dealkylation sites (tertiary alicyclic amines) is 1. The summed E-state index contributed by atoms with van der Waals surface area (Å²) in [6, 6.07) is 8.56. The highest BCUT2D eigenvalue weighted by Crippen LogP contribution is 2.19. The van der Waals surface area contributed by atoms with E-state index in [1.807, 2.05) is 17.0 Å². The van der Waals surface area contributed by atoms with Gasteiger partial charge in [-0.05, 0) is 24.0 Å². The summed E-state index contributed by atoms with van der Waals surface area (Å²) < 4.78 is 0. The van der Waals surface area contributed by atoms with Crippen molar-refractivity contribution in [2.45, 2.75) is 25.4 Å². The molecule has 0 radical (unpaired) electrons. The molecule has 2 N–H and O–H groups in total. The van der Waals surface area contributed by atoms with E-state index in [2.05, 4.69) is 27.7 Å². The monoisotopic (exact) mass is 407 g/mol. The molecule has 3 amide bonds. The lowest BCUT2D eigenvalue weighted by Gasteiger charge is -2.32. The normalized spacial score (nSPS) is 22.4. The van der Waals surface area contributed by atoms with Crippen molar-refractivity contribution in [2.75, 3.05) is 52.4 Å². The Kier molecular flexibility index (Phi) is 7.15. The predicted octanol–water partition coefficient (Wildman–Crippen LogP) is 0.682. The quantitative estimate of drug-likeness (QED) is 0.773. The van der Waals surface area contributed by atoms with Gasteiger partial charge in [0.15, 0.2) is 0 Å². The Labute approximate surface area is 172 Å². The fourth-order valence-corrected chi connectivity index (χ4v) is 4.36. The zero-order valence-corrected chi connectivity index (χ0v) is 17.0. The highest BCUT2D eigenvalue weighted by atomic mass is 35.5. The Morgan fingerprint density at radius 2 is 1.79 bits per heavy atom. The van der Waals surface area contributed by atoms with Gasteiger partial charge in [-0.15, -0.1) is 12.4 Å². The maximum Gasteiger partial charge on any atom is 0.318 e. The molecule has 3 aliphatic heterocycles. The van der Waals surface area contributed by atoms with Crippen LogP contribution in [0.4, 0.5) is 4.79 Å². The molecule has 0 aliphatic carbocycles. The first-order valence-corrected chi connectivity index (χ1v) is 10.0. The first-order chi connectivity index (χ1) is 13.2. The number of fused-ring (bicyclic) bond motifs is 1. The van der Waals surface area contributed by atoms with Gasteiger partial charge in [0.25, 0.3) is 0 Å². The summed E-state index contributed by atoms with van der Waals surface area (Å²) in [6.45, 7) is 7.15. The molecule has 2 saturated heterocycles. The second-order valence-electron chi connectivity index (χ2n) is 7.67. The molecule has 1 atom stereocenters. The second kappa shape index (κ2) is 9.58. The minimum Gasteiger partial charge on any atom is -0.340 e. The van der Waals surface area contributed by atoms with Gasteiger partial charge >= 0.3 is 6.03 Å². The van der Waals surface area contributed by atoms with E-state index in [4.69, 9.17) is 0 Å². The maximum absolute atomic E-state index is 12.5. The van der Waals surface area contributed by atoms with Gasteiger partial charge in [-0.2, -0.15) is 0 Å². The van der Waals surface area contributed by atoms with E-state index in [-0.39, 0.29) is 30.9 Å². The van der Waals surface area contributed by atoms with Crippen LogP contribution in [-0.4, -0.2) is 85.0 Å². The molecule has 1 aromatic carbocycles. The summed E-state index contributed by atoms with van der Waals surface area (Å²) in [5, 5.41) is 6.19. The molecule has 28 heavy (non-hydrogen) atoms. The molecule has 0 spiro atoms. The van der Waals surface area contributed by atoms with Gasteiger partial charge in [0.1, 0.15) is 0 Å². The fourth-order valence-electron chi connectivity index (χ4n) is 4.36. The lowest BCUT2D eigenvalue weighted by molar-refractivity contribution is -0.129. The number of carbonyl (C=O) groups is 2. The molecule has 8 heteroatoms. The van der Waals surface area contributed by atoms with Gasteiger partial charge in [0, 0.05) is 58.4 Å². The van der Waals surface area contributed by atoms with Crippen molar-refractivity contribution in [3.05, 3.63) is 35.4 Å². The van der Waals surface area contributed by atoms with E-state index in [0.717, 1.165) is 52.1 Å². The number of amides is 3. The molecule has 7 nitrogen and oxygen atoms in total. The topological polar surface area (TPSA) is 67.9 Å². The van der Waals surface area contributed by atoms with Gasteiger partial charge in [0.2, 0.25) is 5.91 Å². The van der Waals surface area contributed by atoms with Crippen LogP contribution in [0.15, 0.2) is 24.3 Å². The van der Waals surface area contributed by atoms with Crippen LogP contribution in [0.2, 0.25) is 0 Å². The minimum absolute atomic E-state index is 0. The number of hydrogen-bond donors (Lipinski definition) is 2. The van der Waals surface area contributed by atoms with Gasteiger partial charge in [-0.25, -0.2) is 4.79 Å². The minimum atomic E-state index is -0.143. The number of nitrogens with zero attached hydrogens (tertiary/aromatic N) is 3. The largest absolute Gasteiger partial charge is 0.340 e. The second-order valence-corrected chi connectivity index (χ2v) is 7.67. The van der Waals surface area contributed by atoms with E-state index in [0.29, 0.717) is 19.1 Å². The third kappa shape index (κ3) is 4.77. The predicted molar refractivity (Wildman–Crippen MR) is 111 cm³/mol. The van der Waals surface area contributed by atoms with Crippen molar-refractivity contribution in [3.8, 4) is 0 Å². The SMILES string of the molecule is Cl.O=C(CNC(=O)N1CCc2ccccc2C1)N1CCC(N2CCNCC2)C1. The van der Waals surface area contributed by atoms with Gasteiger partial charge in [0.05, 0.1) is 6.54 Å². The number of benzene rings is 1. The highest BCUT2D eigenvalue weighted by Gasteiger charge is 2.31. The smallest absolute Gasteiger partial charge is 0.318 e.